The first-order valence-electron chi connectivity index (χ1n) is 3.98. The highest BCUT2D eigenvalue weighted by atomic mass is 19.4. The van der Waals surface area contributed by atoms with E-state index in [1.165, 1.54) is 0 Å². The molecule has 0 radical (unpaired) electrons. The summed E-state index contributed by atoms with van der Waals surface area (Å²) in [4.78, 5) is 11.0. The van der Waals surface area contributed by atoms with Crippen LogP contribution in [0.3, 0.4) is 0 Å². The molecule has 0 aromatic heterocycles. The first kappa shape index (κ1) is 14.7. The van der Waals surface area contributed by atoms with E-state index < -0.39 is 30.0 Å². The summed E-state index contributed by atoms with van der Waals surface area (Å²) in [7, 11) is 0. The Morgan fingerprint density at radius 3 is 1.25 bits per heavy atom. The SMILES string of the molecule is C=CC(C(=O)C(C=C)C(F)(F)F)C(F)(F)F. The van der Waals surface area contributed by atoms with Crippen LogP contribution in [0, 0.1) is 11.8 Å². The molecule has 0 saturated carbocycles. The zero-order valence-electron chi connectivity index (χ0n) is 7.90. The molecule has 16 heavy (non-hydrogen) atoms. The van der Waals surface area contributed by atoms with Crippen molar-refractivity contribution in [3.8, 4) is 0 Å². The van der Waals surface area contributed by atoms with E-state index in [1.54, 1.807) is 0 Å². The topological polar surface area (TPSA) is 17.1 Å². The molecule has 1 nitrogen and oxygen atoms in total. The Kier molecular flexibility index (Phi) is 4.34. The zero-order chi connectivity index (χ0) is 13.1. The van der Waals surface area contributed by atoms with Crippen molar-refractivity contribution in [2.75, 3.05) is 0 Å². The number of hydrogen-bond acceptors (Lipinski definition) is 1. The Hall–Kier alpha value is -1.27. The molecule has 0 aliphatic rings. The van der Waals surface area contributed by atoms with Crippen LogP contribution in [0.25, 0.3) is 0 Å². The third-order valence-electron chi connectivity index (χ3n) is 1.79. The van der Waals surface area contributed by atoms with Crippen molar-refractivity contribution in [1.29, 1.82) is 0 Å². The zero-order valence-corrected chi connectivity index (χ0v) is 7.90. The molecule has 0 aromatic carbocycles. The van der Waals surface area contributed by atoms with E-state index in [0.717, 1.165) is 0 Å². The number of halogens is 6. The monoisotopic (exact) mass is 246 g/mol. The molecule has 0 heterocycles. The van der Waals surface area contributed by atoms with Gasteiger partial charge in [-0.1, -0.05) is 12.2 Å². The fourth-order valence-corrected chi connectivity index (χ4v) is 1.02. The summed E-state index contributed by atoms with van der Waals surface area (Å²) in [5.41, 5.74) is 0. The predicted octanol–water partition coefficient (Wildman–Crippen LogP) is 3.28. The van der Waals surface area contributed by atoms with Crippen molar-refractivity contribution in [2.24, 2.45) is 11.8 Å². The largest absolute Gasteiger partial charge is 0.402 e. The molecule has 0 saturated heterocycles. The second kappa shape index (κ2) is 4.71. The molecular weight excluding hydrogens is 238 g/mol. The van der Waals surface area contributed by atoms with Crippen LogP contribution in [-0.2, 0) is 4.79 Å². The molecule has 2 unspecified atom stereocenters. The van der Waals surface area contributed by atoms with E-state index in [2.05, 4.69) is 13.2 Å². The molecule has 0 fully saturated rings. The van der Waals surface area contributed by atoms with Gasteiger partial charge < -0.3 is 0 Å². The minimum atomic E-state index is -5.08. The van der Waals surface area contributed by atoms with Gasteiger partial charge in [0.1, 0.15) is 11.8 Å². The third-order valence-corrected chi connectivity index (χ3v) is 1.79. The molecule has 7 heteroatoms. The Balaban J connectivity index is 5.16. The van der Waals surface area contributed by atoms with Crippen molar-refractivity contribution in [3.63, 3.8) is 0 Å². The summed E-state index contributed by atoms with van der Waals surface area (Å²) in [6, 6.07) is 0. The maximum absolute atomic E-state index is 12.2. The molecule has 0 bridgehead atoms. The van der Waals surface area contributed by atoms with E-state index in [4.69, 9.17) is 0 Å². The number of Topliss-reactive ketones (excluding diaryl/α,β-unsaturated/α-hetero) is 1. The van der Waals surface area contributed by atoms with Crippen molar-refractivity contribution in [1.82, 2.24) is 0 Å². The van der Waals surface area contributed by atoms with E-state index in [1.807, 2.05) is 0 Å². The van der Waals surface area contributed by atoms with Crippen LogP contribution in [0.5, 0.6) is 0 Å². The highest BCUT2D eigenvalue weighted by molar-refractivity contribution is 5.87. The minimum absolute atomic E-state index is 0.143. The average Bonchev–Trinajstić information content (AvgIpc) is 2.00. The lowest BCUT2D eigenvalue weighted by molar-refractivity contribution is -0.193. The second-order valence-corrected chi connectivity index (χ2v) is 2.91. The lowest BCUT2D eigenvalue weighted by Gasteiger charge is -2.21. The molecule has 0 rings (SSSR count). The normalized spacial score (nSPS) is 16.4. The molecule has 0 N–H and O–H groups in total. The standard InChI is InChI=1S/C9H8F6O/c1-3-5(8(10,11)12)7(16)6(4-2)9(13,14)15/h3-6H,1-2H2. The van der Waals surface area contributed by atoms with E-state index >= 15 is 0 Å². The molecule has 2 atom stereocenters. The molecule has 0 spiro atoms. The molecule has 92 valence electrons. The van der Waals surface area contributed by atoms with Crippen LogP contribution in [0.4, 0.5) is 26.3 Å². The number of carbonyl (C=O) groups excluding carboxylic acids is 1. The van der Waals surface area contributed by atoms with E-state index in [-0.39, 0.29) is 12.2 Å². The summed E-state index contributed by atoms with van der Waals surface area (Å²) in [5, 5.41) is 0. The maximum Gasteiger partial charge on any atom is 0.402 e. The summed E-state index contributed by atoms with van der Waals surface area (Å²) in [6.45, 7) is 5.41. The number of ketones is 1. The first-order valence-corrected chi connectivity index (χ1v) is 3.98. The number of carbonyl (C=O) groups is 1. The van der Waals surface area contributed by atoms with Crippen molar-refractivity contribution >= 4 is 5.78 Å². The smallest absolute Gasteiger partial charge is 0.298 e. The second-order valence-electron chi connectivity index (χ2n) is 2.91. The van der Waals surface area contributed by atoms with Gasteiger partial charge in [0.05, 0.1) is 0 Å². The Labute approximate surface area is 87.4 Å². The molecule has 0 aromatic rings. The van der Waals surface area contributed by atoms with Crippen LogP contribution in [0.1, 0.15) is 0 Å². The van der Waals surface area contributed by atoms with Crippen LogP contribution in [0.15, 0.2) is 25.3 Å². The van der Waals surface area contributed by atoms with Crippen molar-refractivity contribution in [2.45, 2.75) is 12.4 Å². The van der Waals surface area contributed by atoms with Gasteiger partial charge in [0.25, 0.3) is 0 Å². The van der Waals surface area contributed by atoms with Crippen LogP contribution < -0.4 is 0 Å². The fourth-order valence-electron chi connectivity index (χ4n) is 1.02. The first-order chi connectivity index (χ1) is 7.05. The minimum Gasteiger partial charge on any atom is -0.298 e. The average molecular weight is 246 g/mol. The van der Waals surface area contributed by atoms with Gasteiger partial charge in [-0.3, -0.25) is 4.79 Å². The van der Waals surface area contributed by atoms with Gasteiger partial charge in [0.2, 0.25) is 0 Å². The van der Waals surface area contributed by atoms with Gasteiger partial charge in [-0.05, 0) is 0 Å². The number of allylic oxidation sites excluding steroid dienone is 2. The third kappa shape index (κ3) is 3.39. The van der Waals surface area contributed by atoms with Gasteiger partial charge in [0, 0.05) is 0 Å². The fraction of sp³-hybridized carbons (Fsp3) is 0.444. The van der Waals surface area contributed by atoms with E-state index in [9.17, 15) is 31.1 Å². The Morgan fingerprint density at radius 2 is 1.12 bits per heavy atom. The number of rotatable bonds is 4. The Bertz CT molecular complexity index is 259. The van der Waals surface area contributed by atoms with Crippen LogP contribution in [-0.4, -0.2) is 18.1 Å². The van der Waals surface area contributed by atoms with Gasteiger partial charge in [-0.15, -0.1) is 13.2 Å². The lowest BCUT2D eigenvalue weighted by Crippen LogP contribution is -2.39. The number of hydrogen-bond donors (Lipinski definition) is 0. The quantitative estimate of drug-likeness (QED) is 0.549. The molecule has 0 amide bonds. The van der Waals surface area contributed by atoms with E-state index in [0.29, 0.717) is 0 Å². The van der Waals surface area contributed by atoms with Gasteiger partial charge >= 0.3 is 12.4 Å². The maximum atomic E-state index is 12.2. The lowest BCUT2D eigenvalue weighted by atomic mass is 9.92. The Morgan fingerprint density at radius 1 is 0.875 bits per heavy atom. The van der Waals surface area contributed by atoms with Gasteiger partial charge in [-0.2, -0.15) is 26.3 Å². The van der Waals surface area contributed by atoms with Gasteiger partial charge in [-0.25, -0.2) is 0 Å². The highest BCUT2D eigenvalue weighted by Gasteiger charge is 2.51. The van der Waals surface area contributed by atoms with Gasteiger partial charge in [0.15, 0.2) is 5.78 Å². The van der Waals surface area contributed by atoms with Crippen LogP contribution in [0.2, 0.25) is 0 Å². The summed E-state index contributed by atoms with van der Waals surface area (Å²) >= 11 is 0. The molecule has 0 aliphatic carbocycles. The predicted molar refractivity (Wildman–Crippen MR) is 44.5 cm³/mol. The van der Waals surface area contributed by atoms with Crippen LogP contribution >= 0.6 is 0 Å². The summed E-state index contributed by atoms with van der Waals surface area (Å²) in [6.07, 6.45) is -9.87. The summed E-state index contributed by atoms with van der Waals surface area (Å²) in [5.74, 6) is -7.70. The van der Waals surface area contributed by atoms with Crippen molar-refractivity contribution in [3.05, 3.63) is 25.3 Å². The molecular formula is C9H8F6O. The molecule has 0 aliphatic heterocycles. The number of alkyl halides is 6. The highest BCUT2D eigenvalue weighted by Crippen LogP contribution is 2.35. The summed E-state index contributed by atoms with van der Waals surface area (Å²) < 4.78 is 73.0. The van der Waals surface area contributed by atoms with Crippen molar-refractivity contribution < 1.29 is 31.1 Å².